The molecule has 1 fully saturated rings. The summed E-state index contributed by atoms with van der Waals surface area (Å²) >= 11 is 5.10. The van der Waals surface area contributed by atoms with Crippen molar-refractivity contribution in [2.24, 2.45) is 11.7 Å². The summed E-state index contributed by atoms with van der Waals surface area (Å²) in [5.41, 5.74) is 5.79. The molecular weight excluding hydrogens is 288 g/mol. The van der Waals surface area contributed by atoms with Gasteiger partial charge in [0.2, 0.25) is 5.91 Å². The van der Waals surface area contributed by atoms with Crippen LogP contribution >= 0.6 is 27.3 Å². The lowest BCUT2D eigenvalue weighted by atomic mass is 10.1. The van der Waals surface area contributed by atoms with Crippen LogP contribution in [0.1, 0.15) is 24.1 Å². The first-order valence-electron chi connectivity index (χ1n) is 5.42. The fraction of sp³-hybridized carbons (Fsp3) is 0.545. The molecule has 2 rings (SSSR count). The van der Waals surface area contributed by atoms with Gasteiger partial charge in [0.05, 0.1) is 6.54 Å². The molecule has 0 saturated heterocycles. The van der Waals surface area contributed by atoms with E-state index in [1.807, 2.05) is 11.4 Å². The van der Waals surface area contributed by atoms with Crippen LogP contribution in [0.5, 0.6) is 0 Å². The Hall–Kier alpha value is -0.390. The topological polar surface area (TPSA) is 55.1 Å². The van der Waals surface area contributed by atoms with E-state index in [9.17, 15) is 4.79 Å². The Morgan fingerprint density at radius 1 is 1.62 bits per heavy atom. The van der Waals surface area contributed by atoms with Crippen LogP contribution in [0.3, 0.4) is 0 Å². The van der Waals surface area contributed by atoms with Crippen LogP contribution in [0.25, 0.3) is 0 Å². The van der Waals surface area contributed by atoms with E-state index in [1.165, 1.54) is 0 Å². The predicted octanol–water partition coefficient (Wildman–Crippen LogP) is 2.25. The van der Waals surface area contributed by atoms with Crippen LogP contribution in [0.2, 0.25) is 0 Å². The molecule has 1 aliphatic carbocycles. The average Bonchev–Trinajstić information content (AvgIpc) is 2.84. The third-order valence-corrected chi connectivity index (χ3v) is 4.88. The smallest absolute Gasteiger partial charge is 0.223 e. The molecule has 1 saturated carbocycles. The van der Waals surface area contributed by atoms with Gasteiger partial charge in [0.15, 0.2) is 0 Å². The molecule has 0 aromatic carbocycles. The number of thiophene rings is 1. The lowest BCUT2D eigenvalue weighted by Crippen LogP contribution is -2.29. The van der Waals surface area contributed by atoms with Crippen LogP contribution in [0.15, 0.2) is 15.9 Å². The lowest BCUT2D eigenvalue weighted by Gasteiger charge is -2.10. The Kier molecular flexibility index (Phi) is 4.00. The minimum Gasteiger partial charge on any atom is -0.351 e. The number of amides is 1. The van der Waals surface area contributed by atoms with Crippen molar-refractivity contribution in [1.29, 1.82) is 0 Å². The van der Waals surface area contributed by atoms with Gasteiger partial charge in [0.1, 0.15) is 0 Å². The molecule has 0 radical (unpaired) electrons. The van der Waals surface area contributed by atoms with Crippen LogP contribution in [-0.4, -0.2) is 11.9 Å². The molecule has 5 heteroatoms. The number of nitrogens with one attached hydrogen (secondary N) is 1. The molecule has 2 atom stereocenters. The van der Waals surface area contributed by atoms with E-state index in [0.717, 1.165) is 28.6 Å². The number of carbonyl (C=O) groups is 1. The normalized spacial score (nSPS) is 24.6. The molecule has 3 N–H and O–H groups in total. The van der Waals surface area contributed by atoms with Crippen LogP contribution in [-0.2, 0) is 11.3 Å². The van der Waals surface area contributed by atoms with Crippen molar-refractivity contribution in [1.82, 2.24) is 5.32 Å². The maximum Gasteiger partial charge on any atom is 0.223 e. The van der Waals surface area contributed by atoms with Crippen molar-refractivity contribution in [3.8, 4) is 0 Å². The lowest BCUT2D eigenvalue weighted by molar-refractivity contribution is -0.124. The minimum absolute atomic E-state index is 0.119. The van der Waals surface area contributed by atoms with Crippen molar-refractivity contribution >= 4 is 33.2 Å². The van der Waals surface area contributed by atoms with Crippen LogP contribution < -0.4 is 11.1 Å². The number of hydrogen-bond acceptors (Lipinski definition) is 3. The number of carbonyl (C=O) groups excluding carboxylic acids is 1. The van der Waals surface area contributed by atoms with Crippen molar-refractivity contribution in [3.63, 3.8) is 0 Å². The molecule has 1 aliphatic rings. The molecule has 16 heavy (non-hydrogen) atoms. The third-order valence-electron chi connectivity index (χ3n) is 2.96. The maximum absolute atomic E-state index is 11.8. The second kappa shape index (κ2) is 5.29. The summed E-state index contributed by atoms with van der Waals surface area (Å²) < 4.78 is 1.07. The van der Waals surface area contributed by atoms with Crippen molar-refractivity contribution in [2.75, 3.05) is 0 Å². The van der Waals surface area contributed by atoms with E-state index in [-0.39, 0.29) is 17.9 Å². The first-order valence-corrected chi connectivity index (χ1v) is 7.09. The summed E-state index contributed by atoms with van der Waals surface area (Å²) in [6, 6.07) is 2.21. The average molecular weight is 303 g/mol. The number of halogens is 1. The second-order valence-corrected chi connectivity index (χ2v) is 6.03. The Morgan fingerprint density at radius 2 is 2.44 bits per heavy atom. The molecule has 3 nitrogen and oxygen atoms in total. The quantitative estimate of drug-likeness (QED) is 0.900. The van der Waals surface area contributed by atoms with E-state index in [0.29, 0.717) is 6.54 Å². The summed E-state index contributed by atoms with van der Waals surface area (Å²) in [6.07, 6.45) is 2.73. The highest BCUT2D eigenvalue weighted by molar-refractivity contribution is 9.10. The SMILES string of the molecule is NC1CCC(C(=O)NCc2sccc2Br)C1. The molecule has 0 aliphatic heterocycles. The molecule has 0 bridgehead atoms. The summed E-state index contributed by atoms with van der Waals surface area (Å²) in [4.78, 5) is 13.0. The fourth-order valence-electron chi connectivity index (χ4n) is 2.02. The highest BCUT2D eigenvalue weighted by Gasteiger charge is 2.27. The molecule has 88 valence electrons. The van der Waals surface area contributed by atoms with Crippen molar-refractivity contribution < 1.29 is 4.79 Å². The van der Waals surface area contributed by atoms with Crippen LogP contribution in [0.4, 0.5) is 0 Å². The Balaban J connectivity index is 1.82. The molecule has 1 aromatic heterocycles. The number of hydrogen-bond donors (Lipinski definition) is 2. The van der Waals surface area contributed by atoms with Gasteiger partial charge < -0.3 is 11.1 Å². The predicted molar refractivity (Wildman–Crippen MR) is 69.2 cm³/mol. The first-order chi connectivity index (χ1) is 7.66. The molecule has 0 spiro atoms. The largest absolute Gasteiger partial charge is 0.351 e. The molecule has 2 unspecified atom stereocenters. The Morgan fingerprint density at radius 3 is 3.00 bits per heavy atom. The third kappa shape index (κ3) is 2.84. The monoisotopic (exact) mass is 302 g/mol. The molecule has 1 amide bonds. The summed E-state index contributed by atoms with van der Waals surface area (Å²) in [6.45, 7) is 0.614. The summed E-state index contributed by atoms with van der Waals surface area (Å²) in [5.74, 6) is 0.266. The Bertz CT molecular complexity index is 380. The van der Waals surface area contributed by atoms with Gasteiger partial charge >= 0.3 is 0 Å². The Labute approximate surface area is 108 Å². The molecular formula is C11H15BrN2OS. The van der Waals surface area contributed by atoms with Gasteiger partial charge in [0, 0.05) is 21.3 Å². The van der Waals surface area contributed by atoms with E-state index in [1.54, 1.807) is 11.3 Å². The van der Waals surface area contributed by atoms with E-state index in [4.69, 9.17) is 5.73 Å². The van der Waals surface area contributed by atoms with Gasteiger partial charge in [0.25, 0.3) is 0 Å². The van der Waals surface area contributed by atoms with E-state index in [2.05, 4.69) is 21.2 Å². The van der Waals surface area contributed by atoms with Crippen molar-refractivity contribution in [2.45, 2.75) is 31.8 Å². The summed E-state index contributed by atoms with van der Waals surface area (Å²) in [7, 11) is 0. The van der Waals surface area contributed by atoms with Gasteiger partial charge in [-0.05, 0) is 46.6 Å². The zero-order chi connectivity index (χ0) is 11.5. The minimum atomic E-state index is 0.119. The molecule has 1 aromatic rings. The van der Waals surface area contributed by atoms with Gasteiger partial charge in [-0.1, -0.05) is 0 Å². The second-order valence-electron chi connectivity index (χ2n) is 4.18. The van der Waals surface area contributed by atoms with Gasteiger partial charge in [-0.2, -0.15) is 0 Å². The highest BCUT2D eigenvalue weighted by atomic mass is 79.9. The zero-order valence-corrected chi connectivity index (χ0v) is 11.3. The zero-order valence-electron chi connectivity index (χ0n) is 8.91. The maximum atomic E-state index is 11.8. The van der Waals surface area contributed by atoms with E-state index < -0.39 is 0 Å². The van der Waals surface area contributed by atoms with Gasteiger partial charge in [-0.3, -0.25) is 4.79 Å². The fourth-order valence-corrected chi connectivity index (χ4v) is 3.45. The van der Waals surface area contributed by atoms with Gasteiger partial charge in [-0.25, -0.2) is 0 Å². The van der Waals surface area contributed by atoms with Crippen molar-refractivity contribution in [3.05, 3.63) is 20.8 Å². The first kappa shape index (κ1) is 12.1. The number of rotatable bonds is 3. The van der Waals surface area contributed by atoms with E-state index >= 15 is 0 Å². The van der Waals surface area contributed by atoms with Gasteiger partial charge in [-0.15, -0.1) is 11.3 Å². The summed E-state index contributed by atoms with van der Waals surface area (Å²) in [5, 5.41) is 4.99. The molecule has 1 heterocycles. The van der Waals surface area contributed by atoms with Crippen LogP contribution in [0, 0.1) is 5.92 Å². The highest BCUT2D eigenvalue weighted by Crippen LogP contribution is 2.25. The standard InChI is InChI=1S/C11H15BrN2OS/c12-9-3-4-16-10(9)6-14-11(15)7-1-2-8(13)5-7/h3-4,7-8H,1-2,5-6,13H2,(H,14,15). The number of nitrogens with two attached hydrogens (primary N) is 1.